The molecule has 4 nitrogen and oxygen atoms in total. The molecule has 5 heteroatoms. The molecular weight excluding hydrogens is 200 g/mol. The van der Waals surface area contributed by atoms with E-state index >= 15 is 0 Å². The molecule has 0 aliphatic rings. The summed E-state index contributed by atoms with van der Waals surface area (Å²) in [6.45, 7) is 0.180. The SMILES string of the molecule is NCC#Cc1ccccc1S(N)(=O)=O. The number of benzene rings is 1. The second kappa shape index (κ2) is 4.24. The zero-order valence-electron chi connectivity index (χ0n) is 7.40. The zero-order valence-corrected chi connectivity index (χ0v) is 8.21. The monoisotopic (exact) mass is 210 g/mol. The molecule has 0 fully saturated rings. The predicted octanol–water partition coefficient (Wildman–Crippen LogP) is -0.356. The normalized spacial score (nSPS) is 10.4. The van der Waals surface area contributed by atoms with E-state index in [2.05, 4.69) is 11.8 Å². The fourth-order valence-electron chi connectivity index (χ4n) is 0.964. The lowest BCUT2D eigenvalue weighted by Gasteiger charge is -1.99. The molecule has 0 heterocycles. The molecule has 0 atom stereocenters. The average molecular weight is 210 g/mol. The van der Waals surface area contributed by atoms with Gasteiger partial charge in [-0.3, -0.25) is 0 Å². The van der Waals surface area contributed by atoms with Crippen LogP contribution >= 0.6 is 0 Å². The van der Waals surface area contributed by atoms with E-state index < -0.39 is 10.0 Å². The van der Waals surface area contributed by atoms with Crippen LogP contribution in [-0.2, 0) is 10.0 Å². The van der Waals surface area contributed by atoms with Crippen molar-refractivity contribution in [1.29, 1.82) is 0 Å². The van der Waals surface area contributed by atoms with Crippen molar-refractivity contribution in [3.8, 4) is 11.8 Å². The fourth-order valence-corrected chi connectivity index (χ4v) is 1.66. The van der Waals surface area contributed by atoms with Gasteiger partial charge in [-0.25, -0.2) is 13.6 Å². The van der Waals surface area contributed by atoms with Gasteiger partial charge in [0.15, 0.2) is 0 Å². The Hall–Kier alpha value is -1.35. The molecule has 14 heavy (non-hydrogen) atoms. The molecule has 0 saturated carbocycles. The van der Waals surface area contributed by atoms with E-state index in [9.17, 15) is 8.42 Å². The molecule has 1 rings (SSSR count). The summed E-state index contributed by atoms with van der Waals surface area (Å²) in [6.07, 6.45) is 0. The number of primary sulfonamides is 1. The van der Waals surface area contributed by atoms with Crippen molar-refractivity contribution in [3.05, 3.63) is 29.8 Å². The van der Waals surface area contributed by atoms with E-state index in [1.165, 1.54) is 6.07 Å². The summed E-state index contributed by atoms with van der Waals surface area (Å²) in [6, 6.07) is 6.28. The Bertz CT molecular complexity index is 483. The highest BCUT2D eigenvalue weighted by Gasteiger charge is 2.10. The first-order valence-electron chi connectivity index (χ1n) is 3.86. The van der Waals surface area contributed by atoms with Crippen LogP contribution < -0.4 is 10.9 Å². The van der Waals surface area contributed by atoms with Gasteiger partial charge in [0.2, 0.25) is 10.0 Å². The van der Waals surface area contributed by atoms with Crippen LogP contribution in [-0.4, -0.2) is 15.0 Å². The highest BCUT2D eigenvalue weighted by atomic mass is 32.2. The number of hydrogen-bond donors (Lipinski definition) is 2. The molecule has 4 N–H and O–H groups in total. The fraction of sp³-hybridized carbons (Fsp3) is 0.111. The van der Waals surface area contributed by atoms with E-state index in [1.807, 2.05) is 0 Å². The summed E-state index contributed by atoms with van der Waals surface area (Å²) in [7, 11) is -3.71. The lowest BCUT2D eigenvalue weighted by atomic mass is 10.2. The molecule has 0 saturated heterocycles. The highest BCUT2D eigenvalue weighted by Crippen LogP contribution is 2.11. The van der Waals surface area contributed by atoms with Crippen LogP contribution in [0.1, 0.15) is 5.56 Å². The maximum atomic E-state index is 11.1. The van der Waals surface area contributed by atoms with Gasteiger partial charge in [0.1, 0.15) is 0 Å². The average Bonchev–Trinajstić information content (AvgIpc) is 2.14. The van der Waals surface area contributed by atoms with Gasteiger partial charge < -0.3 is 5.73 Å². The van der Waals surface area contributed by atoms with Gasteiger partial charge in [0.05, 0.1) is 11.4 Å². The maximum Gasteiger partial charge on any atom is 0.239 e. The van der Waals surface area contributed by atoms with Gasteiger partial charge in [0.25, 0.3) is 0 Å². The smallest absolute Gasteiger partial charge is 0.239 e. The van der Waals surface area contributed by atoms with E-state index in [1.54, 1.807) is 18.2 Å². The summed E-state index contributed by atoms with van der Waals surface area (Å²) in [5.41, 5.74) is 5.56. The first kappa shape index (κ1) is 10.7. The molecule has 1 aromatic rings. The van der Waals surface area contributed by atoms with Crippen LogP contribution in [0.15, 0.2) is 29.2 Å². The minimum atomic E-state index is -3.71. The topological polar surface area (TPSA) is 86.2 Å². The number of sulfonamides is 1. The molecule has 1 aromatic carbocycles. The Morgan fingerprint density at radius 1 is 1.29 bits per heavy atom. The molecule has 0 aliphatic heterocycles. The van der Waals surface area contributed by atoms with Crippen LogP contribution in [0.2, 0.25) is 0 Å². The molecule has 0 aliphatic carbocycles. The van der Waals surface area contributed by atoms with Crippen LogP contribution in [0.3, 0.4) is 0 Å². The van der Waals surface area contributed by atoms with Crippen LogP contribution in [0, 0.1) is 11.8 Å². The number of hydrogen-bond acceptors (Lipinski definition) is 3. The molecule has 0 unspecified atom stereocenters. The summed E-state index contributed by atoms with van der Waals surface area (Å²) in [4.78, 5) is 0.0287. The summed E-state index contributed by atoms with van der Waals surface area (Å²) in [5.74, 6) is 5.22. The van der Waals surface area contributed by atoms with Crippen molar-refractivity contribution in [2.45, 2.75) is 4.90 Å². The quantitative estimate of drug-likeness (QED) is 0.621. The first-order valence-corrected chi connectivity index (χ1v) is 5.41. The summed E-state index contributed by atoms with van der Waals surface area (Å²) in [5, 5.41) is 5.00. The highest BCUT2D eigenvalue weighted by molar-refractivity contribution is 7.89. The van der Waals surface area contributed by atoms with Crippen molar-refractivity contribution in [3.63, 3.8) is 0 Å². The van der Waals surface area contributed by atoms with Gasteiger partial charge in [-0.15, -0.1) is 0 Å². The molecule has 0 amide bonds. The number of nitrogens with two attached hydrogens (primary N) is 2. The van der Waals surface area contributed by atoms with Crippen molar-refractivity contribution < 1.29 is 8.42 Å². The van der Waals surface area contributed by atoms with Crippen LogP contribution in [0.4, 0.5) is 0 Å². The second-order valence-electron chi connectivity index (χ2n) is 2.55. The van der Waals surface area contributed by atoms with Crippen molar-refractivity contribution in [2.24, 2.45) is 10.9 Å². The Labute approximate surface area is 83.0 Å². The number of rotatable bonds is 1. The molecule has 0 spiro atoms. The van der Waals surface area contributed by atoms with Crippen molar-refractivity contribution >= 4 is 10.0 Å². The van der Waals surface area contributed by atoms with E-state index in [-0.39, 0.29) is 11.4 Å². The third-order valence-corrected chi connectivity index (χ3v) is 2.49. The lowest BCUT2D eigenvalue weighted by molar-refractivity contribution is 0.597. The minimum Gasteiger partial charge on any atom is -0.320 e. The zero-order chi connectivity index (χ0) is 10.6. The van der Waals surface area contributed by atoms with E-state index in [4.69, 9.17) is 10.9 Å². The maximum absolute atomic E-state index is 11.1. The standard InChI is InChI=1S/C9H10N2O2S/c10-7-3-5-8-4-1-2-6-9(8)14(11,12)13/h1-2,4,6H,7,10H2,(H2,11,12,13). The van der Waals surface area contributed by atoms with E-state index in [0.717, 1.165) is 0 Å². The summed E-state index contributed by atoms with van der Waals surface area (Å²) >= 11 is 0. The van der Waals surface area contributed by atoms with Gasteiger partial charge in [-0.05, 0) is 12.1 Å². The third kappa shape index (κ3) is 2.57. The molecule has 0 radical (unpaired) electrons. The van der Waals surface area contributed by atoms with Gasteiger partial charge >= 0.3 is 0 Å². The van der Waals surface area contributed by atoms with Gasteiger partial charge in [0, 0.05) is 5.56 Å². The predicted molar refractivity (Wildman–Crippen MR) is 53.7 cm³/mol. The van der Waals surface area contributed by atoms with Crippen LogP contribution in [0.25, 0.3) is 0 Å². The van der Waals surface area contributed by atoms with Crippen molar-refractivity contribution in [2.75, 3.05) is 6.54 Å². The molecule has 74 valence electrons. The largest absolute Gasteiger partial charge is 0.320 e. The minimum absolute atomic E-state index is 0.0287. The second-order valence-corrected chi connectivity index (χ2v) is 4.08. The Balaban J connectivity index is 3.31. The third-order valence-electron chi connectivity index (χ3n) is 1.52. The van der Waals surface area contributed by atoms with Gasteiger partial charge in [-0.1, -0.05) is 24.0 Å². The molecule has 0 aromatic heterocycles. The first-order chi connectivity index (χ1) is 6.55. The Kier molecular flexibility index (Phi) is 3.25. The van der Waals surface area contributed by atoms with Crippen LogP contribution in [0.5, 0.6) is 0 Å². The van der Waals surface area contributed by atoms with Crippen molar-refractivity contribution in [1.82, 2.24) is 0 Å². The molecule has 0 bridgehead atoms. The van der Waals surface area contributed by atoms with Gasteiger partial charge in [-0.2, -0.15) is 0 Å². The lowest BCUT2D eigenvalue weighted by Crippen LogP contribution is -2.13. The van der Waals surface area contributed by atoms with E-state index in [0.29, 0.717) is 5.56 Å². The molecular formula is C9H10N2O2S. The summed E-state index contributed by atoms with van der Waals surface area (Å²) < 4.78 is 22.2. The Morgan fingerprint density at radius 3 is 2.50 bits per heavy atom. The Morgan fingerprint density at radius 2 is 1.93 bits per heavy atom.